The minimum Gasteiger partial charge on any atom is -0.481 e. The van der Waals surface area contributed by atoms with Crippen molar-refractivity contribution in [2.24, 2.45) is 0 Å². The topological polar surface area (TPSA) is 110 Å². The highest BCUT2D eigenvalue weighted by atomic mass is 32.2. The second-order valence-corrected chi connectivity index (χ2v) is 11.4. The molecule has 40 heavy (non-hydrogen) atoms. The van der Waals surface area contributed by atoms with Crippen molar-refractivity contribution < 1.29 is 14.7 Å². The molecule has 0 unspecified atom stereocenters. The fraction of sp³-hybridized carbons (Fsp3) is 0.414. The van der Waals surface area contributed by atoms with Crippen LogP contribution < -0.4 is 15.4 Å². The molecule has 2 fully saturated rings. The Balaban J connectivity index is 1.64. The molecule has 0 radical (unpaired) electrons. The Kier molecular flexibility index (Phi) is 9.66. The number of para-hydroxylation sites is 1. The minimum absolute atomic E-state index is 0.0775. The fourth-order valence-electron chi connectivity index (χ4n) is 5.14. The summed E-state index contributed by atoms with van der Waals surface area (Å²) in [5.74, 6) is -0.317. The van der Waals surface area contributed by atoms with Crippen molar-refractivity contribution in [1.82, 2.24) is 9.47 Å². The van der Waals surface area contributed by atoms with E-state index in [0.717, 1.165) is 24.6 Å². The SMILES string of the molecule is CCn1c(N2CCN(c3ccccc3)CC2)c(C=C2SC(=S)N(CCCCCC(=O)O)C2=O)c(C)c(C#N)c1=O. The zero-order valence-corrected chi connectivity index (χ0v) is 24.4. The molecular formula is C29H33N5O4S2. The molecule has 0 saturated carbocycles. The van der Waals surface area contributed by atoms with Crippen LogP contribution in [0.25, 0.3) is 6.08 Å². The number of carboxylic acid groups (broad SMARTS) is 1. The summed E-state index contributed by atoms with van der Waals surface area (Å²) in [5.41, 5.74) is 2.14. The number of thiocarbonyl (C=S) groups is 1. The Bertz CT molecular complexity index is 1420. The number of amides is 1. The third kappa shape index (κ3) is 6.24. The number of carbonyl (C=O) groups is 2. The van der Waals surface area contributed by atoms with E-state index < -0.39 is 5.97 Å². The number of thioether (sulfide) groups is 1. The van der Waals surface area contributed by atoms with Gasteiger partial charge in [0.15, 0.2) is 0 Å². The van der Waals surface area contributed by atoms with Crippen molar-refractivity contribution in [3.8, 4) is 6.07 Å². The number of aromatic nitrogens is 1. The summed E-state index contributed by atoms with van der Waals surface area (Å²) in [6.07, 6.45) is 3.78. The number of carboxylic acids is 1. The fourth-order valence-corrected chi connectivity index (χ4v) is 6.43. The van der Waals surface area contributed by atoms with E-state index in [1.54, 1.807) is 22.5 Å². The standard InChI is InChI=1S/C29H33N5O4S2/c1-3-33-26(32-16-14-31(15-17-32)21-10-6-4-7-11-21)22(20(2)23(19-30)27(33)37)18-24-28(38)34(29(39)40-24)13-9-5-8-12-25(35)36/h4,6-7,10-11,18H,3,5,8-9,12-17H2,1-2H3,(H,35,36). The van der Waals surface area contributed by atoms with Crippen LogP contribution in [0.3, 0.4) is 0 Å². The van der Waals surface area contributed by atoms with Crippen LogP contribution >= 0.6 is 24.0 Å². The maximum absolute atomic E-state index is 13.4. The summed E-state index contributed by atoms with van der Waals surface area (Å²) < 4.78 is 2.09. The Morgan fingerprint density at radius 1 is 1.10 bits per heavy atom. The number of unbranched alkanes of at least 4 members (excludes halogenated alkanes) is 2. The van der Waals surface area contributed by atoms with Gasteiger partial charge in [0.1, 0.15) is 21.8 Å². The molecule has 210 valence electrons. The summed E-state index contributed by atoms with van der Waals surface area (Å²) >= 11 is 6.72. The van der Waals surface area contributed by atoms with Gasteiger partial charge < -0.3 is 14.9 Å². The van der Waals surface area contributed by atoms with E-state index in [-0.39, 0.29) is 23.5 Å². The number of anilines is 2. The predicted molar refractivity (Wildman–Crippen MR) is 163 cm³/mol. The first kappa shape index (κ1) is 29.4. The summed E-state index contributed by atoms with van der Waals surface area (Å²) in [4.78, 5) is 43.9. The van der Waals surface area contributed by atoms with E-state index in [4.69, 9.17) is 17.3 Å². The molecule has 2 aromatic rings. The first-order chi connectivity index (χ1) is 19.3. The largest absolute Gasteiger partial charge is 0.481 e. The van der Waals surface area contributed by atoms with Gasteiger partial charge in [-0.1, -0.05) is 48.6 Å². The monoisotopic (exact) mass is 579 g/mol. The average molecular weight is 580 g/mol. The van der Waals surface area contributed by atoms with Crippen LogP contribution in [-0.4, -0.2) is 63.5 Å². The second kappa shape index (κ2) is 13.2. The number of nitriles is 1. The predicted octanol–water partition coefficient (Wildman–Crippen LogP) is 4.22. The molecule has 0 bridgehead atoms. The van der Waals surface area contributed by atoms with Gasteiger partial charge in [-0.15, -0.1) is 0 Å². The molecule has 11 heteroatoms. The number of carbonyl (C=O) groups excluding carboxylic acids is 1. The van der Waals surface area contributed by atoms with Gasteiger partial charge in [0.2, 0.25) is 0 Å². The number of benzene rings is 1. The van der Waals surface area contributed by atoms with Gasteiger partial charge in [-0.2, -0.15) is 5.26 Å². The first-order valence-electron chi connectivity index (χ1n) is 13.5. The lowest BCUT2D eigenvalue weighted by atomic mass is 10.0. The summed E-state index contributed by atoms with van der Waals surface area (Å²) in [5, 5.41) is 18.7. The second-order valence-electron chi connectivity index (χ2n) is 9.75. The molecule has 1 aromatic carbocycles. The third-order valence-corrected chi connectivity index (χ3v) is 8.66. The Labute approximate surface area is 243 Å². The molecule has 2 aliphatic rings. The highest BCUT2D eigenvalue weighted by Crippen LogP contribution is 2.36. The number of rotatable bonds is 10. The molecule has 2 saturated heterocycles. The zero-order chi connectivity index (χ0) is 28.8. The van der Waals surface area contributed by atoms with E-state index in [1.165, 1.54) is 11.8 Å². The number of aliphatic carboxylic acids is 1. The summed E-state index contributed by atoms with van der Waals surface area (Å²) in [6.45, 7) is 7.35. The van der Waals surface area contributed by atoms with Crippen LogP contribution in [0.2, 0.25) is 0 Å². The van der Waals surface area contributed by atoms with Crippen LogP contribution in [0.4, 0.5) is 11.5 Å². The zero-order valence-electron chi connectivity index (χ0n) is 22.8. The lowest BCUT2D eigenvalue weighted by molar-refractivity contribution is -0.137. The molecule has 2 aliphatic heterocycles. The molecule has 0 spiro atoms. The smallest absolute Gasteiger partial charge is 0.303 e. The number of nitrogens with zero attached hydrogens (tertiary/aromatic N) is 5. The number of piperazine rings is 1. The maximum Gasteiger partial charge on any atom is 0.303 e. The third-order valence-electron chi connectivity index (χ3n) is 7.28. The molecular weight excluding hydrogens is 546 g/mol. The molecule has 0 aliphatic carbocycles. The Morgan fingerprint density at radius 2 is 1.77 bits per heavy atom. The van der Waals surface area contributed by atoms with Gasteiger partial charge in [0.05, 0.1) is 4.91 Å². The van der Waals surface area contributed by atoms with E-state index in [0.29, 0.717) is 65.8 Å². The van der Waals surface area contributed by atoms with E-state index in [9.17, 15) is 19.6 Å². The lowest BCUT2D eigenvalue weighted by Crippen LogP contribution is -2.48. The van der Waals surface area contributed by atoms with Gasteiger partial charge in [-0.3, -0.25) is 23.9 Å². The van der Waals surface area contributed by atoms with Gasteiger partial charge >= 0.3 is 5.97 Å². The normalized spacial score (nSPS) is 16.6. The van der Waals surface area contributed by atoms with Gasteiger partial charge in [0.25, 0.3) is 11.5 Å². The Morgan fingerprint density at radius 3 is 2.40 bits per heavy atom. The van der Waals surface area contributed by atoms with Crippen LogP contribution in [-0.2, 0) is 16.1 Å². The summed E-state index contributed by atoms with van der Waals surface area (Å²) in [7, 11) is 0. The first-order valence-corrected chi connectivity index (χ1v) is 14.7. The minimum atomic E-state index is -0.827. The van der Waals surface area contributed by atoms with Crippen LogP contribution in [0.1, 0.15) is 49.3 Å². The molecule has 4 rings (SSSR count). The van der Waals surface area contributed by atoms with Crippen LogP contribution in [0, 0.1) is 18.3 Å². The van der Waals surface area contributed by atoms with Crippen LogP contribution in [0.5, 0.6) is 0 Å². The molecule has 9 nitrogen and oxygen atoms in total. The average Bonchev–Trinajstić information content (AvgIpc) is 3.22. The van der Waals surface area contributed by atoms with Gasteiger partial charge in [-0.05, 0) is 50.5 Å². The van der Waals surface area contributed by atoms with Crippen molar-refractivity contribution in [2.45, 2.75) is 46.1 Å². The number of hydrogen-bond donors (Lipinski definition) is 1. The molecule has 1 aromatic heterocycles. The van der Waals surface area contributed by atoms with Crippen molar-refractivity contribution in [1.29, 1.82) is 5.26 Å². The summed E-state index contributed by atoms with van der Waals surface area (Å²) in [6, 6.07) is 12.3. The maximum atomic E-state index is 13.4. The Hall–Kier alpha value is -3.62. The van der Waals surface area contributed by atoms with E-state index >= 15 is 0 Å². The highest BCUT2D eigenvalue weighted by molar-refractivity contribution is 8.26. The molecule has 1 N–H and O–H groups in total. The lowest BCUT2D eigenvalue weighted by Gasteiger charge is -2.39. The van der Waals surface area contributed by atoms with Crippen molar-refractivity contribution >= 4 is 57.8 Å². The van der Waals surface area contributed by atoms with Crippen molar-refractivity contribution in [2.75, 3.05) is 42.5 Å². The quantitative estimate of drug-likeness (QED) is 0.251. The van der Waals surface area contributed by atoms with Gasteiger partial charge in [0, 0.05) is 56.9 Å². The van der Waals surface area contributed by atoms with Crippen molar-refractivity contribution in [3.63, 3.8) is 0 Å². The van der Waals surface area contributed by atoms with Crippen LogP contribution in [0.15, 0.2) is 40.0 Å². The number of pyridine rings is 1. The molecule has 3 heterocycles. The van der Waals surface area contributed by atoms with E-state index in [2.05, 4.69) is 28.0 Å². The van der Waals surface area contributed by atoms with E-state index in [1.807, 2.05) is 25.1 Å². The van der Waals surface area contributed by atoms with Crippen molar-refractivity contribution in [3.05, 3.63) is 62.3 Å². The van der Waals surface area contributed by atoms with Gasteiger partial charge in [-0.25, -0.2) is 0 Å². The highest BCUT2D eigenvalue weighted by Gasteiger charge is 2.33. The molecule has 1 amide bonds. The number of hydrogen-bond acceptors (Lipinski definition) is 8. The molecule has 0 atom stereocenters.